The number of hydrogen-bond acceptors (Lipinski definition) is 5. The van der Waals surface area contributed by atoms with Crippen LogP contribution in [0.15, 0.2) is 18.3 Å². The number of carbonyl (C=O) groups is 1. The lowest BCUT2D eigenvalue weighted by Gasteiger charge is -2.21. The molecule has 0 aromatic carbocycles. The Balaban J connectivity index is 1.84. The van der Waals surface area contributed by atoms with Crippen molar-refractivity contribution >= 4 is 11.8 Å². The molecule has 0 N–H and O–H groups in total. The summed E-state index contributed by atoms with van der Waals surface area (Å²) >= 11 is 0. The van der Waals surface area contributed by atoms with Gasteiger partial charge in [-0.15, -0.1) is 5.10 Å². The van der Waals surface area contributed by atoms with E-state index in [0.29, 0.717) is 12.3 Å². The minimum atomic E-state index is -0.402. The molecule has 5 nitrogen and oxygen atoms in total. The quantitative estimate of drug-likeness (QED) is 0.781. The van der Waals surface area contributed by atoms with Gasteiger partial charge >= 0.3 is 5.97 Å². The molecule has 1 fully saturated rings. The maximum atomic E-state index is 11.8. The Bertz CT molecular complexity index is 428. The van der Waals surface area contributed by atoms with Crippen LogP contribution in [0.5, 0.6) is 0 Å². The van der Waals surface area contributed by atoms with Gasteiger partial charge in [-0.1, -0.05) is 0 Å². The average molecular weight is 263 g/mol. The summed E-state index contributed by atoms with van der Waals surface area (Å²) in [5.74, 6) is 1.12. The highest BCUT2D eigenvalue weighted by atomic mass is 16.6. The van der Waals surface area contributed by atoms with Crippen molar-refractivity contribution in [3.8, 4) is 0 Å². The second kappa shape index (κ2) is 5.55. The molecule has 1 aliphatic rings. The molecule has 0 bridgehead atoms. The van der Waals surface area contributed by atoms with Gasteiger partial charge in [0.2, 0.25) is 0 Å². The number of aromatic nitrogens is 2. The van der Waals surface area contributed by atoms with Crippen molar-refractivity contribution in [3.63, 3.8) is 0 Å². The largest absolute Gasteiger partial charge is 0.460 e. The van der Waals surface area contributed by atoms with Crippen LogP contribution >= 0.6 is 0 Å². The van der Waals surface area contributed by atoms with Crippen molar-refractivity contribution in [3.05, 3.63) is 18.3 Å². The summed E-state index contributed by atoms with van der Waals surface area (Å²) in [4.78, 5) is 14.0. The van der Waals surface area contributed by atoms with E-state index in [0.717, 1.165) is 25.3 Å². The molecule has 0 saturated carbocycles. The molecule has 5 heteroatoms. The summed E-state index contributed by atoms with van der Waals surface area (Å²) in [5.41, 5.74) is -0.402. The SMILES string of the molecule is CC(C)(C)OC(=O)C[C@@H]1CCN(c2cccnn2)C1. The Kier molecular flexibility index (Phi) is 4.02. The van der Waals surface area contributed by atoms with E-state index in [1.165, 1.54) is 0 Å². The van der Waals surface area contributed by atoms with Crippen LogP contribution in [0.25, 0.3) is 0 Å². The van der Waals surface area contributed by atoms with Gasteiger partial charge < -0.3 is 9.64 Å². The molecule has 104 valence electrons. The molecule has 0 amide bonds. The first kappa shape index (κ1) is 13.8. The monoisotopic (exact) mass is 263 g/mol. The van der Waals surface area contributed by atoms with Gasteiger partial charge in [-0.2, -0.15) is 5.10 Å². The molecule has 0 unspecified atom stereocenters. The molecule has 1 aliphatic heterocycles. The van der Waals surface area contributed by atoms with Gasteiger partial charge in [0.25, 0.3) is 0 Å². The zero-order chi connectivity index (χ0) is 13.9. The molecule has 0 aliphatic carbocycles. The fourth-order valence-corrected chi connectivity index (χ4v) is 2.29. The molecular weight excluding hydrogens is 242 g/mol. The third-order valence-electron chi connectivity index (χ3n) is 3.04. The van der Waals surface area contributed by atoms with Crippen molar-refractivity contribution in [2.75, 3.05) is 18.0 Å². The van der Waals surface area contributed by atoms with Crippen molar-refractivity contribution in [2.45, 2.75) is 39.2 Å². The number of anilines is 1. The first-order valence-electron chi connectivity index (χ1n) is 6.68. The van der Waals surface area contributed by atoms with Crippen LogP contribution in [0.1, 0.15) is 33.6 Å². The molecule has 1 aromatic rings. The van der Waals surface area contributed by atoms with Crippen molar-refractivity contribution in [2.24, 2.45) is 5.92 Å². The van der Waals surface area contributed by atoms with Gasteiger partial charge in [-0.25, -0.2) is 0 Å². The van der Waals surface area contributed by atoms with Gasteiger partial charge in [-0.05, 0) is 45.2 Å². The Morgan fingerprint density at radius 3 is 2.95 bits per heavy atom. The fourth-order valence-electron chi connectivity index (χ4n) is 2.29. The van der Waals surface area contributed by atoms with E-state index >= 15 is 0 Å². The molecule has 0 spiro atoms. The van der Waals surface area contributed by atoms with E-state index in [2.05, 4.69) is 15.1 Å². The van der Waals surface area contributed by atoms with Crippen molar-refractivity contribution in [1.82, 2.24) is 10.2 Å². The third-order valence-corrected chi connectivity index (χ3v) is 3.04. The third kappa shape index (κ3) is 4.19. The second-order valence-electron chi connectivity index (χ2n) is 5.97. The topological polar surface area (TPSA) is 55.3 Å². The first-order chi connectivity index (χ1) is 8.94. The van der Waals surface area contributed by atoms with Crippen LogP contribution in [-0.2, 0) is 9.53 Å². The van der Waals surface area contributed by atoms with Gasteiger partial charge in [0.05, 0.1) is 6.42 Å². The molecule has 19 heavy (non-hydrogen) atoms. The number of nitrogens with zero attached hydrogens (tertiary/aromatic N) is 3. The highest BCUT2D eigenvalue weighted by Crippen LogP contribution is 2.24. The molecule has 1 atom stereocenters. The number of rotatable bonds is 3. The van der Waals surface area contributed by atoms with Gasteiger partial charge in [0.1, 0.15) is 5.60 Å². The average Bonchev–Trinajstić information content (AvgIpc) is 2.76. The molecule has 2 rings (SSSR count). The first-order valence-corrected chi connectivity index (χ1v) is 6.68. The lowest BCUT2D eigenvalue weighted by atomic mass is 10.1. The highest BCUT2D eigenvalue weighted by Gasteiger charge is 2.27. The van der Waals surface area contributed by atoms with Gasteiger partial charge in [0.15, 0.2) is 5.82 Å². The minimum absolute atomic E-state index is 0.113. The number of hydrogen-bond donors (Lipinski definition) is 0. The zero-order valence-electron chi connectivity index (χ0n) is 11.8. The number of esters is 1. The number of carbonyl (C=O) groups excluding carboxylic acids is 1. The van der Waals surface area contributed by atoms with Crippen LogP contribution < -0.4 is 4.90 Å². The van der Waals surface area contributed by atoms with Crippen molar-refractivity contribution < 1.29 is 9.53 Å². The van der Waals surface area contributed by atoms with Crippen molar-refractivity contribution in [1.29, 1.82) is 0 Å². The van der Waals surface area contributed by atoms with Crippen LogP contribution in [-0.4, -0.2) is 34.9 Å². The Morgan fingerprint density at radius 2 is 2.32 bits per heavy atom. The lowest BCUT2D eigenvalue weighted by Crippen LogP contribution is -2.26. The lowest BCUT2D eigenvalue weighted by molar-refractivity contribution is -0.155. The summed E-state index contributed by atoms with van der Waals surface area (Å²) in [6, 6.07) is 3.83. The van der Waals surface area contributed by atoms with Gasteiger partial charge in [-0.3, -0.25) is 4.79 Å². The molecule has 1 saturated heterocycles. The summed E-state index contributed by atoms with van der Waals surface area (Å²) < 4.78 is 5.36. The van der Waals surface area contributed by atoms with E-state index in [1.54, 1.807) is 6.20 Å². The second-order valence-corrected chi connectivity index (χ2v) is 5.97. The normalized spacial score (nSPS) is 19.5. The van der Waals surface area contributed by atoms with Gasteiger partial charge in [0, 0.05) is 19.3 Å². The standard InChI is InChI=1S/C14H21N3O2/c1-14(2,3)19-13(18)9-11-6-8-17(10-11)12-5-4-7-15-16-12/h4-5,7,11H,6,8-10H2,1-3H3/t11-/m0/s1. The Labute approximate surface area is 114 Å². The summed E-state index contributed by atoms with van der Waals surface area (Å²) in [6.45, 7) is 7.45. The molecule has 2 heterocycles. The van der Waals surface area contributed by atoms with E-state index in [4.69, 9.17) is 4.74 Å². The molecular formula is C14H21N3O2. The maximum Gasteiger partial charge on any atom is 0.306 e. The summed E-state index contributed by atoms with van der Waals surface area (Å²) in [6.07, 6.45) is 3.14. The summed E-state index contributed by atoms with van der Waals surface area (Å²) in [5, 5.41) is 7.97. The van der Waals surface area contributed by atoms with E-state index in [1.807, 2.05) is 32.9 Å². The molecule has 0 radical (unpaired) electrons. The summed E-state index contributed by atoms with van der Waals surface area (Å²) in [7, 11) is 0. The maximum absolute atomic E-state index is 11.8. The predicted molar refractivity (Wildman–Crippen MR) is 72.8 cm³/mol. The smallest absolute Gasteiger partial charge is 0.306 e. The zero-order valence-corrected chi connectivity index (χ0v) is 11.8. The van der Waals surface area contributed by atoms with E-state index < -0.39 is 5.60 Å². The number of ether oxygens (including phenoxy) is 1. The fraction of sp³-hybridized carbons (Fsp3) is 0.643. The van der Waals surface area contributed by atoms with Crippen LogP contribution in [0.2, 0.25) is 0 Å². The predicted octanol–water partition coefficient (Wildman–Crippen LogP) is 2.03. The highest BCUT2D eigenvalue weighted by molar-refractivity contribution is 5.70. The van der Waals surface area contributed by atoms with E-state index in [-0.39, 0.29) is 5.97 Å². The van der Waals surface area contributed by atoms with Crippen LogP contribution in [0, 0.1) is 5.92 Å². The molecule has 1 aromatic heterocycles. The van der Waals surface area contributed by atoms with E-state index in [9.17, 15) is 4.79 Å². The van der Waals surface area contributed by atoms with Crippen LogP contribution in [0.3, 0.4) is 0 Å². The Hall–Kier alpha value is -1.65. The minimum Gasteiger partial charge on any atom is -0.460 e. The Morgan fingerprint density at radius 1 is 1.53 bits per heavy atom. The van der Waals surface area contributed by atoms with Crippen LogP contribution in [0.4, 0.5) is 5.82 Å².